The van der Waals surface area contributed by atoms with E-state index >= 15 is 0 Å². The number of H-pyrrole nitrogens is 1. The molecule has 9 rings (SSSR count). The molecule has 2 nitrogen and oxygen atoms in total. The Morgan fingerprint density at radius 2 is 1.14 bits per heavy atom. The van der Waals surface area contributed by atoms with Gasteiger partial charge in [-0.1, -0.05) is 121 Å². The maximum absolute atomic E-state index is 6.69. The van der Waals surface area contributed by atoms with Crippen molar-refractivity contribution in [2.75, 3.05) is 0 Å². The molecule has 0 spiro atoms. The molecule has 0 radical (unpaired) electrons. The summed E-state index contributed by atoms with van der Waals surface area (Å²) < 4.78 is 6.69. The number of aromatic amines is 1. The molecule has 0 amide bonds. The minimum atomic E-state index is 0.898. The van der Waals surface area contributed by atoms with Gasteiger partial charge in [0.1, 0.15) is 11.2 Å². The molecule has 2 aromatic heterocycles. The van der Waals surface area contributed by atoms with Crippen molar-refractivity contribution in [1.29, 1.82) is 0 Å². The third-order valence-corrected chi connectivity index (χ3v) is 8.62. The summed E-state index contributed by atoms with van der Waals surface area (Å²) >= 11 is 0. The Bertz CT molecular complexity index is 2460. The smallest absolute Gasteiger partial charge is 0.143 e. The van der Waals surface area contributed by atoms with E-state index < -0.39 is 0 Å². The predicted molar refractivity (Wildman–Crippen MR) is 177 cm³/mol. The Labute approximate surface area is 242 Å². The largest absolute Gasteiger partial charge is 0.455 e. The van der Waals surface area contributed by atoms with Crippen LogP contribution >= 0.6 is 0 Å². The quantitative estimate of drug-likeness (QED) is 0.239. The molecule has 0 aliphatic heterocycles. The Morgan fingerprint density at radius 3 is 2.07 bits per heavy atom. The number of aromatic nitrogens is 1. The van der Waals surface area contributed by atoms with Crippen LogP contribution in [0.15, 0.2) is 150 Å². The third-order valence-electron chi connectivity index (χ3n) is 8.62. The number of benzene rings is 7. The number of rotatable bonds is 3. The molecule has 42 heavy (non-hydrogen) atoms. The van der Waals surface area contributed by atoms with Crippen LogP contribution in [0.3, 0.4) is 0 Å². The number of nitrogens with one attached hydrogen (secondary N) is 1. The Morgan fingerprint density at radius 1 is 0.429 bits per heavy atom. The number of hydrogen-bond donors (Lipinski definition) is 1. The maximum atomic E-state index is 6.69. The van der Waals surface area contributed by atoms with Gasteiger partial charge in [0.25, 0.3) is 0 Å². The van der Waals surface area contributed by atoms with Gasteiger partial charge in [0.15, 0.2) is 0 Å². The van der Waals surface area contributed by atoms with E-state index in [2.05, 4.69) is 145 Å². The van der Waals surface area contributed by atoms with E-state index in [4.69, 9.17) is 4.42 Å². The second-order valence-electron chi connectivity index (χ2n) is 11.0. The molecule has 0 bridgehead atoms. The molecule has 9 aromatic rings. The normalized spacial score (nSPS) is 11.8. The van der Waals surface area contributed by atoms with Gasteiger partial charge in [-0.3, -0.25) is 0 Å². The van der Waals surface area contributed by atoms with Gasteiger partial charge in [0.05, 0.1) is 5.52 Å². The van der Waals surface area contributed by atoms with Crippen LogP contribution in [0.25, 0.3) is 87.9 Å². The molecule has 2 heterocycles. The first kappa shape index (κ1) is 23.1. The van der Waals surface area contributed by atoms with E-state index in [0.29, 0.717) is 0 Å². The fourth-order valence-corrected chi connectivity index (χ4v) is 6.70. The first-order valence-corrected chi connectivity index (χ1v) is 14.4. The van der Waals surface area contributed by atoms with Crippen molar-refractivity contribution in [1.82, 2.24) is 4.98 Å². The van der Waals surface area contributed by atoms with E-state index in [0.717, 1.165) is 44.1 Å². The molecule has 1 N–H and O–H groups in total. The third kappa shape index (κ3) is 3.39. The Balaban J connectivity index is 1.33. The van der Waals surface area contributed by atoms with Crippen molar-refractivity contribution in [2.45, 2.75) is 0 Å². The molecule has 0 fully saturated rings. The van der Waals surface area contributed by atoms with Crippen LogP contribution in [0.5, 0.6) is 0 Å². The zero-order chi connectivity index (χ0) is 27.6. The van der Waals surface area contributed by atoms with Gasteiger partial charge in [-0.15, -0.1) is 0 Å². The minimum absolute atomic E-state index is 0.898. The van der Waals surface area contributed by atoms with Gasteiger partial charge in [-0.05, 0) is 57.3 Å². The maximum Gasteiger partial charge on any atom is 0.143 e. The van der Waals surface area contributed by atoms with Crippen molar-refractivity contribution >= 4 is 54.5 Å². The van der Waals surface area contributed by atoms with Crippen LogP contribution in [0.2, 0.25) is 0 Å². The van der Waals surface area contributed by atoms with Crippen molar-refractivity contribution in [3.8, 4) is 33.4 Å². The summed E-state index contributed by atoms with van der Waals surface area (Å²) in [6.45, 7) is 0. The summed E-state index contributed by atoms with van der Waals surface area (Å²) in [7, 11) is 0. The predicted octanol–water partition coefficient (Wildman–Crippen LogP) is 11.4. The lowest BCUT2D eigenvalue weighted by Gasteiger charge is -2.11. The zero-order valence-corrected chi connectivity index (χ0v) is 22.8. The molecular formula is C40H25NO. The molecule has 7 aromatic carbocycles. The molecule has 0 unspecified atom stereocenters. The highest BCUT2D eigenvalue weighted by Crippen LogP contribution is 2.44. The molecule has 0 saturated heterocycles. The van der Waals surface area contributed by atoms with Crippen LogP contribution in [-0.2, 0) is 0 Å². The highest BCUT2D eigenvalue weighted by Gasteiger charge is 2.20. The number of para-hydroxylation sites is 2. The second-order valence-corrected chi connectivity index (χ2v) is 11.0. The number of furan rings is 1. The van der Waals surface area contributed by atoms with E-state index in [-0.39, 0.29) is 0 Å². The van der Waals surface area contributed by atoms with Crippen molar-refractivity contribution in [3.05, 3.63) is 146 Å². The fraction of sp³-hybridized carbons (Fsp3) is 0. The van der Waals surface area contributed by atoms with Gasteiger partial charge >= 0.3 is 0 Å². The summed E-state index contributed by atoms with van der Waals surface area (Å²) in [5, 5.41) is 7.28. The van der Waals surface area contributed by atoms with Gasteiger partial charge in [-0.2, -0.15) is 0 Å². The summed E-state index contributed by atoms with van der Waals surface area (Å²) in [6.07, 6.45) is 0. The van der Waals surface area contributed by atoms with E-state index in [1.165, 1.54) is 43.8 Å². The first-order valence-electron chi connectivity index (χ1n) is 14.4. The fourth-order valence-electron chi connectivity index (χ4n) is 6.70. The SMILES string of the molecule is c1ccc(-c2cccc(-c3ccc(-c4cccc5c4[nH]c4ccc6ccccc6c45)c4oc5ccccc5c34)c2)cc1. The lowest BCUT2D eigenvalue weighted by molar-refractivity contribution is 0.670. The van der Waals surface area contributed by atoms with Crippen LogP contribution in [-0.4, -0.2) is 4.98 Å². The van der Waals surface area contributed by atoms with Gasteiger partial charge in [-0.25, -0.2) is 0 Å². The molecule has 0 atom stereocenters. The summed E-state index contributed by atoms with van der Waals surface area (Å²) in [4.78, 5) is 3.77. The number of fused-ring (bicyclic) bond motifs is 8. The summed E-state index contributed by atoms with van der Waals surface area (Å²) in [6, 6.07) is 51.9. The monoisotopic (exact) mass is 535 g/mol. The van der Waals surface area contributed by atoms with Gasteiger partial charge in [0, 0.05) is 38.2 Å². The molecule has 0 aliphatic rings. The van der Waals surface area contributed by atoms with Gasteiger partial charge < -0.3 is 9.40 Å². The molecule has 0 aliphatic carbocycles. The molecule has 2 heteroatoms. The number of hydrogen-bond acceptors (Lipinski definition) is 1. The summed E-state index contributed by atoms with van der Waals surface area (Å²) in [5.41, 5.74) is 11.1. The topological polar surface area (TPSA) is 28.9 Å². The standard InChI is InChI=1S/C40H25NO/c1-2-10-25(11-3-1)27-13-8-14-28(24-27)30-21-22-32(40-38(30)33-16-6-7-19-36(33)42-40)31-17-9-18-34-37-29-15-5-4-12-26(29)20-23-35(37)41-39(31)34/h1-24,41H. The Kier molecular flexibility index (Phi) is 4.93. The molecule has 0 saturated carbocycles. The lowest BCUT2D eigenvalue weighted by atomic mass is 9.92. The van der Waals surface area contributed by atoms with E-state index in [1.54, 1.807) is 0 Å². The van der Waals surface area contributed by atoms with E-state index in [9.17, 15) is 0 Å². The second kappa shape index (κ2) is 8.95. The molecular weight excluding hydrogens is 510 g/mol. The molecule has 196 valence electrons. The minimum Gasteiger partial charge on any atom is -0.455 e. The summed E-state index contributed by atoms with van der Waals surface area (Å²) in [5.74, 6) is 0. The van der Waals surface area contributed by atoms with Crippen LogP contribution in [0.1, 0.15) is 0 Å². The van der Waals surface area contributed by atoms with Crippen LogP contribution < -0.4 is 0 Å². The lowest BCUT2D eigenvalue weighted by Crippen LogP contribution is -1.86. The Hall–Kier alpha value is -5.60. The average molecular weight is 536 g/mol. The highest BCUT2D eigenvalue weighted by molar-refractivity contribution is 6.24. The average Bonchev–Trinajstić information content (AvgIpc) is 3.64. The van der Waals surface area contributed by atoms with Crippen molar-refractivity contribution in [3.63, 3.8) is 0 Å². The van der Waals surface area contributed by atoms with Crippen molar-refractivity contribution < 1.29 is 4.42 Å². The van der Waals surface area contributed by atoms with Crippen LogP contribution in [0, 0.1) is 0 Å². The van der Waals surface area contributed by atoms with Gasteiger partial charge in [0.2, 0.25) is 0 Å². The first-order chi connectivity index (χ1) is 20.8. The zero-order valence-electron chi connectivity index (χ0n) is 22.8. The van der Waals surface area contributed by atoms with Crippen LogP contribution in [0.4, 0.5) is 0 Å². The van der Waals surface area contributed by atoms with E-state index in [1.807, 2.05) is 6.07 Å². The van der Waals surface area contributed by atoms with Crippen molar-refractivity contribution in [2.24, 2.45) is 0 Å². The highest BCUT2D eigenvalue weighted by atomic mass is 16.3.